The Balaban J connectivity index is 0.00000147. The zero-order valence-electron chi connectivity index (χ0n) is 11.3. The first-order valence-electron chi connectivity index (χ1n) is 6.50. The summed E-state index contributed by atoms with van der Waals surface area (Å²) in [6.45, 7) is 2.10. The van der Waals surface area contributed by atoms with Crippen LogP contribution < -0.4 is 32.6 Å². The number of benzene rings is 2. The molecule has 2 aromatic carbocycles. The fourth-order valence-electron chi connectivity index (χ4n) is 2.09. The first-order chi connectivity index (χ1) is 9.38. The van der Waals surface area contributed by atoms with Crippen molar-refractivity contribution >= 4 is 17.2 Å². The number of hydrazine groups is 1. The van der Waals surface area contributed by atoms with Gasteiger partial charge < -0.3 is 17.0 Å². The minimum absolute atomic E-state index is 0. The molecule has 5 heteroatoms. The standard InChI is InChI=1S/C15H16N4.BrH/c1-2-15-16-18(13-9-5-3-6-10-13)19(17-15)14-11-7-4-8-12-14;/h3-12H,2H2,1H3,(H,16,17);1H. The Bertz CT molecular complexity index is 571. The molecule has 2 aromatic rings. The number of anilines is 1. The van der Waals surface area contributed by atoms with Crippen molar-refractivity contribution in [2.75, 3.05) is 5.12 Å². The van der Waals surface area contributed by atoms with Gasteiger partial charge in [0, 0.05) is 18.6 Å². The second-order valence-electron chi connectivity index (χ2n) is 4.38. The lowest BCUT2D eigenvalue weighted by atomic mass is 10.3. The molecule has 0 amide bonds. The predicted octanol–water partition coefficient (Wildman–Crippen LogP) is -1.13. The van der Waals surface area contributed by atoms with Gasteiger partial charge >= 0.3 is 0 Å². The van der Waals surface area contributed by atoms with Gasteiger partial charge in [-0.2, -0.15) is 0 Å². The van der Waals surface area contributed by atoms with E-state index in [0.717, 1.165) is 28.7 Å². The second kappa shape index (κ2) is 6.54. The van der Waals surface area contributed by atoms with Gasteiger partial charge in [0.2, 0.25) is 0 Å². The predicted molar refractivity (Wildman–Crippen MR) is 76.8 cm³/mol. The molecule has 1 atom stereocenters. The van der Waals surface area contributed by atoms with Crippen LogP contribution >= 0.6 is 0 Å². The van der Waals surface area contributed by atoms with Crippen LogP contribution in [0.5, 0.6) is 0 Å². The minimum atomic E-state index is 0. The highest BCUT2D eigenvalue weighted by Crippen LogP contribution is 2.11. The zero-order valence-corrected chi connectivity index (χ0v) is 12.8. The van der Waals surface area contributed by atoms with Crippen LogP contribution in [-0.4, -0.2) is 5.84 Å². The van der Waals surface area contributed by atoms with E-state index in [-0.39, 0.29) is 17.0 Å². The highest BCUT2D eigenvalue weighted by atomic mass is 79.9. The van der Waals surface area contributed by atoms with E-state index in [4.69, 9.17) is 0 Å². The van der Waals surface area contributed by atoms with Crippen molar-refractivity contribution in [3.8, 4) is 0 Å². The summed E-state index contributed by atoms with van der Waals surface area (Å²) >= 11 is 0. The molecule has 1 aliphatic heterocycles. The number of nitrogens with one attached hydrogen (secondary N) is 2. The lowest BCUT2D eigenvalue weighted by Gasteiger charge is -2.21. The molecular weight excluding hydrogens is 316 g/mol. The number of nitrogens with zero attached hydrogens (tertiary/aromatic N) is 2. The van der Waals surface area contributed by atoms with Crippen LogP contribution in [0.3, 0.4) is 0 Å². The maximum absolute atomic E-state index is 4.68. The summed E-state index contributed by atoms with van der Waals surface area (Å²) in [5, 5.41) is 7.67. The molecule has 0 spiro atoms. The average Bonchev–Trinajstić information content (AvgIpc) is 2.93. The minimum Gasteiger partial charge on any atom is -1.00 e. The molecule has 104 valence electrons. The van der Waals surface area contributed by atoms with Gasteiger partial charge in [-0.1, -0.05) is 53.6 Å². The molecule has 4 nitrogen and oxygen atoms in total. The quantitative estimate of drug-likeness (QED) is 0.745. The van der Waals surface area contributed by atoms with Gasteiger partial charge in [-0.05, 0) is 17.2 Å². The fraction of sp³-hybridized carbons (Fsp3) is 0.133. The van der Waals surface area contributed by atoms with E-state index < -0.39 is 0 Å². The van der Waals surface area contributed by atoms with Gasteiger partial charge in [-0.25, -0.2) is 5.43 Å². The first-order valence-corrected chi connectivity index (χ1v) is 6.50. The summed E-state index contributed by atoms with van der Waals surface area (Å²) in [5.74, 6) is 0.989. The summed E-state index contributed by atoms with van der Waals surface area (Å²) in [5.41, 5.74) is 5.56. The maximum Gasteiger partial charge on any atom is 0.184 e. The molecule has 1 aliphatic rings. The Hall–Kier alpha value is -1.85. The summed E-state index contributed by atoms with van der Waals surface area (Å²) < 4.78 is 0. The third kappa shape index (κ3) is 2.84. The van der Waals surface area contributed by atoms with Crippen molar-refractivity contribution < 1.29 is 22.1 Å². The van der Waals surface area contributed by atoms with E-state index in [2.05, 4.69) is 41.7 Å². The third-order valence-corrected chi connectivity index (χ3v) is 3.07. The van der Waals surface area contributed by atoms with Crippen molar-refractivity contribution in [3.05, 3.63) is 60.7 Å². The molecule has 0 aromatic heterocycles. The molecule has 1 heterocycles. The Morgan fingerprint density at radius 3 is 2.20 bits per heavy atom. The van der Waals surface area contributed by atoms with Crippen LogP contribution in [0.4, 0.5) is 11.4 Å². The fourth-order valence-corrected chi connectivity index (χ4v) is 2.09. The maximum atomic E-state index is 4.68. The van der Waals surface area contributed by atoms with Gasteiger partial charge in [-0.15, -0.1) is 0 Å². The summed E-state index contributed by atoms with van der Waals surface area (Å²) in [7, 11) is 0. The van der Waals surface area contributed by atoms with Crippen LogP contribution in [0, 0.1) is 0 Å². The van der Waals surface area contributed by atoms with Crippen LogP contribution in [-0.2, 0) is 0 Å². The highest BCUT2D eigenvalue weighted by Gasteiger charge is 2.30. The van der Waals surface area contributed by atoms with Crippen LogP contribution in [0.2, 0.25) is 0 Å². The van der Waals surface area contributed by atoms with Crippen LogP contribution in [0.25, 0.3) is 0 Å². The molecule has 0 radical (unpaired) electrons. The monoisotopic (exact) mass is 332 g/mol. The number of hydrogen-bond acceptors (Lipinski definition) is 3. The molecular formula is C15H17BrN4. The van der Waals surface area contributed by atoms with Crippen LogP contribution in [0.15, 0.2) is 65.8 Å². The molecule has 0 fully saturated rings. The van der Waals surface area contributed by atoms with Gasteiger partial charge in [-0.3, -0.25) is 0 Å². The number of hydrogen-bond donors (Lipinski definition) is 2. The van der Waals surface area contributed by atoms with Crippen molar-refractivity contribution in [2.24, 2.45) is 5.10 Å². The Kier molecular flexibility index (Phi) is 4.76. The van der Waals surface area contributed by atoms with E-state index in [1.807, 2.05) is 41.5 Å². The van der Waals surface area contributed by atoms with E-state index in [1.54, 1.807) is 0 Å². The molecule has 0 bridgehead atoms. The number of amidine groups is 1. The van der Waals surface area contributed by atoms with E-state index in [9.17, 15) is 0 Å². The lowest BCUT2D eigenvalue weighted by Crippen LogP contribution is -3.10. The normalized spacial score (nSPS) is 17.1. The zero-order chi connectivity index (χ0) is 13.1. The second-order valence-corrected chi connectivity index (χ2v) is 4.38. The van der Waals surface area contributed by atoms with E-state index in [0.29, 0.717) is 0 Å². The number of para-hydroxylation sites is 1. The average molecular weight is 333 g/mol. The Morgan fingerprint density at radius 1 is 1.00 bits per heavy atom. The summed E-state index contributed by atoms with van der Waals surface area (Å²) in [6, 6.07) is 20.5. The largest absolute Gasteiger partial charge is 1.00 e. The molecule has 2 N–H and O–H groups in total. The molecule has 0 aliphatic carbocycles. The van der Waals surface area contributed by atoms with Crippen molar-refractivity contribution in [1.29, 1.82) is 0 Å². The van der Waals surface area contributed by atoms with Gasteiger partial charge in [0.25, 0.3) is 0 Å². The van der Waals surface area contributed by atoms with Gasteiger partial charge in [0.05, 0.1) is 0 Å². The molecule has 20 heavy (non-hydrogen) atoms. The number of quaternary nitrogens is 1. The lowest BCUT2D eigenvalue weighted by molar-refractivity contribution is -0.846. The topological polar surface area (TPSA) is 32.1 Å². The molecule has 1 unspecified atom stereocenters. The summed E-state index contributed by atoms with van der Waals surface area (Å²) in [6.07, 6.45) is 0.889. The third-order valence-electron chi connectivity index (χ3n) is 3.07. The number of halogens is 1. The summed E-state index contributed by atoms with van der Waals surface area (Å²) in [4.78, 5) is 0. The van der Waals surface area contributed by atoms with E-state index >= 15 is 0 Å². The molecule has 3 rings (SSSR count). The van der Waals surface area contributed by atoms with Crippen LogP contribution in [0.1, 0.15) is 13.3 Å². The molecule has 0 saturated heterocycles. The smallest absolute Gasteiger partial charge is 0.184 e. The van der Waals surface area contributed by atoms with Gasteiger partial charge in [0.15, 0.2) is 11.5 Å². The molecule has 0 saturated carbocycles. The Labute approximate surface area is 129 Å². The van der Waals surface area contributed by atoms with Crippen molar-refractivity contribution in [2.45, 2.75) is 13.3 Å². The SMILES string of the molecule is CCC1=N[NH+](c2ccccc2)N(c2ccccc2)N1.[Br-]. The Morgan fingerprint density at radius 2 is 1.60 bits per heavy atom. The van der Waals surface area contributed by atoms with Gasteiger partial charge in [0.1, 0.15) is 5.69 Å². The van der Waals surface area contributed by atoms with Crippen molar-refractivity contribution in [3.63, 3.8) is 0 Å². The van der Waals surface area contributed by atoms with E-state index in [1.165, 1.54) is 0 Å². The van der Waals surface area contributed by atoms with Crippen molar-refractivity contribution in [1.82, 2.24) is 5.43 Å². The number of rotatable bonds is 3. The highest BCUT2D eigenvalue weighted by molar-refractivity contribution is 5.83. The first kappa shape index (κ1) is 14.6.